The zero-order valence-electron chi connectivity index (χ0n) is 11.1. The zero-order chi connectivity index (χ0) is 15.3. The minimum Gasteiger partial charge on any atom is -0.480 e. The van der Waals surface area contributed by atoms with Gasteiger partial charge >= 0.3 is 12.0 Å². The Bertz CT molecular complexity index is 508. The highest BCUT2D eigenvalue weighted by Crippen LogP contribution is 2.25. The molecule has 3 N–H and O–H groups in total. The molecule has 1 aromatic rings. The van der Waals surface area contributed by atoms with Crippen molar-refractivity contribution >= 4 is 45.2 Å². The largest absolute Gasteiger partial charge is 0.480 e. The molecule has 0 heterocycles. The van der Waals surface area contributed by atoms with Crippen LogP contribution in [0.5, 0.6) is 0 Å². The maximum atomic E-state index is 11.8. The Morgan fingerprint density at radius 2 is 2.05 bits per heavy atom. The number of hydrogen-bond acceptors (Lipinski definition) is 2. The number of nitrogens with one attached hydrogen (secondary N) is 2. The standard InChI is InChI=1S/C13H16BrClN2O3/c1-7(2)5-11(12(18)19)17-13(20)16-10-4-3-8(14)6-9(10)15/h3-4,6-7,11H,5H2,1-2H3,(H,18,19)(H2,16,17,20)/t11-/m1/s1. The van der Waals surface area contributed by atoms with Crippen LogP contribution in [0.2, 0.25) is 5.02 Å². The Balaban J connectivity index is 2.68. The maximum Gasteiger partial charge on any atom is 0.326 e. The molecule has 1 atom stereocenters. The van der Waals surface area contributed by atoms with Crippen LogP contribution in [0.4, 0.5) is 10.5 Å². The molecule has 5 nitrogen and oxygen atoms in total. The van der Waals surface area contributed by atoms with Crippen LogP contribution in [0.25, 0.3) is 0 Å². The summed E-state index contributed by atoms with van der Waals surface area (Å²) in [5.41, 5.74) is 0.418. The van der Waals surface area contributed by atoms with Gasteiger partial charge in [0.25, 0.3) is 0 Å². The van der Waals surface area contributed by atoms with E-state index in [4.69, 9.17) is 16.7 Å². The van der Waals surface area contributed by atoms with E-state index in [1.165, 1.54) is 0 Å². The number of urea groups is 1. The van der Waals surface area contributed by atoms with Gasteiger partial charge < -0.3 is 15.7 Å². The third-order valence-corrected chi connectivity index (χ3v) is 3.30. The van der Waals surface area contributed by atoms with Gasteiger partial charge in [-0.1, -0.05) is 41.4 Å². The van der Waals surface area contributed by atoms with Crippen molar-refractivity contribution in [3.05, 3.63) is 27.7 Å². The van der Waals surface area contributed by atoms with Gasteiger partial charge in [0, 0.05) is 4.47 Å². The summed E-state index contributed by atoms with van der Waals surface area (Å²) in [7, 11) is 0. The van der Waals surface area contributed by atoms with E-state index < -0.39 is 18.0 Å². The summed E-state index contributed by atoms with van der Waals surface area (Å²) in [6, 6.07) is 3.47. The molecule has 0 saturated heterocycles. The van der Waals surface area contributed by atoms with Gasteiger partial charge in [0.05, 0.1) is 10.7 Å². The zero-order valence-corrected chi connectivity index (χ0v) is 13.5. The van der Waals surface area contributed by atoms with Crippen LogP contribution in [-0.4, -0.2) is 23.1 Å². The maximum absolute atomic E-state index is 11.8. The lowest BCUT2D eigenvalue weighted by atomic mass is 10.0. The predicted molar refractivity (Wildman–Crippen MR) is 82.2 cm³/mol. The van der Waals surface area contributed by atoms with E-state index in [0.29, 0.717) is 17.1 Å². The van der Waals surface area contributed by atoms with Gasteiger partial charge in [-0.3, -0.25) is 0 Å². The highest BCUT2D eigenvalue weighted by Gasteiger charge is 2.21. The molecule has 0 aliphatic carbocycles. The molecule has 20 heavy (non-hydrogen) atoms. The first-order chi connectivity index (χ1) is 9.29. The first-order valence-corrected chi connectivity index (χ1v) is 7.22. The molecule has 0 aliphatic rings. The molecule has 1 aromatic carbocycles. The van der Waals surface area contributed by atoms with Crippen molar-refractivity contribution in [2.45, 2.75) is 26.3 Å². The number of aliphatic carboxylic acids is 1. The van der Waals surface area contributed by atoms with Crippen LogP contribution in [0.3, 0.4) is 0 Å². The average Bonchev–Trinajstić information content (AvgIpc) is 2.31. The fourth-order valence-corrected chi connectivity index (χ4v) is 2.32. The molecule has 0 unspecified atom stereocenters. The molecule has 0 spiro atoms. The smallest absolute Gasteiger partial charge is 0.326 e. The lowest BCUT2D eigenvalue weighted by Gasteiger charge is -2.17. The Morgan fingerprint density at radius 1 is 1.40 bits per heavy atom. The number of benzene rings is 1. The second-order valence-electron chi connectivity index (χ2n) is 4.74. The highest BCUT2D eigenvalue weighted by molar-refractivity contribution is 9.10. The first-order valence-electron chi connectivity index (χ1n) is 6.05. The van der Waals surface area contributed by atoms with Crippen molar-refractivity contribution in [2.75, 3.05) is 5.32 Å². The monoisotopic (exact) mass is 362 g/mol. The second kappa shape index (κ2) is 7.50. The Labute approximate surface area is 130 Å². The number of carboxylic acids is 1. The van der Waals surface area contributed by atoms with Crippen LogP contribution >= 0.6 is 27.5 Å². The van der Waals surface area contributed by atoms with Crippen LogP contribution < -0.4 is 10.6 Å². The van der Waals surface area contributed by atoms with E-state index in [1.54, 1.807) is 18.2 Å². The molecule has 0 aliphatic heterocycles. The third kappa shape index (κ3) is 5.38. The van der Waals surface area contributed by atoms with Gasteiger partial charge in [0.2, 0.25) is 0 Å². The van der Waals surface area contributed by atoms with E-state index in [9.17, 15) is 9.59 Å². The number of hydrogen-bond donors (Lipinski definition) is 3. The molecule has 2 amide bonds. The van der Waals surface area contributed by atoms with Gasteiger partial charge in [-0.15, -0.1) is 0 Å². The quantitative estimate of drug-likeness (QED) is 0.746. The van der Waals surface area contributed by atoms with Crippen LogP contribution in [0.1, 0.15) is 20.3 Å². The fourth-order valence-electron chi connectivity index (χ4n) is 1.60. The molecular weight excluding hydrogens is 348 g/mol. The van der Waals surface area contributed by atoms with E-state index >= 15 is 0 Å². The molecule has 1 rings (SSSR count). The topological polar surface area (TPSA) is 78.4 Å². The second-order valence-corrected chi connectivity index (χ2v) is 6.07. The molecule has 0 bridgehead atoms. The van der Waals surface area contributed by atoms with E-state index in [0.717, 1.165) is 4.47 Å². The van der Waals surface area contributed by atoms with Gasteiger partial charge in [0.1, 0.15) is 6.04 Å². The van der Waals surface area contributed by atoms with Crippen molar-refractivity contribution in [1.82, 2.24) is 5.32 Å². The Hall–Kier alpha value is -1.27. The van der Waals surface area contributed by atoms with E-state index in [1.807, 2.05) is 13.8 Å². The molecule has 7 heteroatoms. The van der Waals surface area contributed by atoms with Crippen molar-refractivity contribution in [3.8, 4) is 0 Å². The van der Waals surface area contributed by atoms with Crippen molar-refractivity contribution in [3.63, 3.8) is 0 Å². The summed E-state index contributed by atoms with van der Waals surface area (Å²) >= 11 is 9.23. The fraction of sp³-hybridized carbons (Fsp3) is 0.385. The van der Waals surface area contributed by atoms with Crippen molar-refractivity contribution < 1.29 is 14.7 Å². The lowest BCUT2D eigenvalue weighted by molar-refractivity contribution is -0.139. The van der Waals surface area contributed by atoms with Crippen LogP contribution in [0.15, 0.2) is 22.7 Å². The summed E-state index contributed by atoms with van der Waals surface area (Å²) in [6.07, 6.45) is 0.358. The Morgan fingerprint density at radius 3 is 2.55 bits per heavy atom. The highest BCUT2D eigenvalue weighted by atomic mass is 79.9. The normalized spacial score (nSPS) is 12.1. The summed E-state index contributed by atoms with van der Waals surface area (Å²) in [5.74, 6) is -0.900. The van der Waals surface area contributed by atoms with E-state index in [2.05, 4.69) is 26.6 Å². The summed E-state index contributed by atoms with van der Waals surface area (Å²) < 4.78 is 0.789. The number of rotatable bonds is 5. The molecule has 0 aromatic heterocycles. The number of carboxylic acid groups (broad SMARTS) is 1. The third-order valence-electron chi connectivity index (χ3n) is 2.49. The van der Waals surface area contributed by atoms with Gasteiger partial charge in [0.15, 0.2) is 0 Å². The van der Waals surface area contributed by atoms with Crippen molar-refractivity contribution in [2.24, 2.45) is 5.92 Å². The van der Waals surface area contributed by atoms with Gasteiger partial charge in [-0.2, -0.15) is 0 Å². The minimum absolute atomic E-state index is 0.160. The predicted octanol–water partition coefficient (Wildman–Crippen LogP) is 3.72. The summed E-state index contributed by atoms with van der Waals surface area (Å²) in [6.45, 7) is 3.78. The van der Waals surface area contributed by atoms with Crippen LogP contribution in [-0.2, 0) is 4.79 Å². The summed E-state index contributed by atoms with van der Waals surface area (Å²) in [4.78, 5) is 22.8. The SMILES string of the molecule is CC(C)C[C@@H](NC(=O)Nc1ccc(Br)cc1Cl)C(=O)O. The van der Waals surface area contributed by atoms with Crippen LogP contribution in [0, 0.1) is 5.92 Å². The molecule has 0 saturated carbocycles. The van der Waals surface area contributed by atoms with Gasteiger partial charge in [-0.05, 0) is 30.5 Å². The number of carbonyl (C=O) groups is 2. The molecule has 0 radical (unpaired) electrons. The lowest BCUT2D eigenvalue weighted by Crippen LogP contribution is -2.43. The van der Waals surface area contributed by atoms with Crippen molar-refractivity contribution in [1.29, 1.82) is 0 Å². The molecule has 110 valence electrons. The average molecular weight is 364 g/mol. The number of carbonyl (C=O) groups excluding carboxylic acids is 1. The summed E-state index contributed by atoms with van der Waals surface area (Å²) in [5, 5.41) is 14.4. The first kappa shape index (κ1) is 16.8. The minimum atomic E-state index is -1.06. The number of amides is 2. The number of anilines is 1. The molecular formula is C13H16BrClN2O3. The molecule has 0 fully saturated rings. The Kier molecular flexibility index (Phi) is 6.29. The van der Waals surface area contributed by atoms with E-state index in [-0.39, 0.29) is 5.92 Å². The number of halogens is 2. The van der Waals surface area contributed by atoms with Gasteiger partial charge in [-0.25, -0.2) is 9.59 Å².